The standard InChI is InChI=1S/C13H19NO/c14-12-8-6-11(7-9-12)10-15-13-4-2-1-3-5-13/h6-9,13H,1-5,10,14H2. The monoisotopic (exact) mass is 205 g/mol. The smallest absolute Gasteiger partial charge is 0.0720 e. The third-order valence-electron chi connectivity index (χ3n) is 3.02. The summed E-state index contributed by atoms with van der Waals surface area (Å²) >= 11 is 0. The van der Waals surface area contributed by atoms with Crippen molar-refractivity contribution in [2.75, 3.05) is 5.73 Å². The molecule has 15 heavy (non-hydrogen) atoms. The molecule has 1 aliphatic rings. The van der Waals surface area contributed by atoms with E-state index in [1.165, 1.54) is 37.7 Å². The Bertz CT molecular complexity index is 288. The molecule has 0 amide bonds. The molecule has 0 unspecified atom stereocenters. The Kier molecular flexibility index (Phi) is 3.62. The van der Waals surface area contributed by atoms with E-state index in [0.717, 1.165) is 12.3 Å². The number of nitrogens with two attached hydrogens (primary N) is 1. The second-order valence-corrected chi connectivity index (χ2v) is 4.31. The zero-order chi connectivity index (χ0) is 10.5. The average Bonchev–Trinajstić information content (AvgIpc) is 2.30. The van der Waals surface area contributed by atoms with E-state index < -0.39 is 0 Å². The summed E-state index contributed by atoms with van der Waals surface area (Å²) < 4.78 is 5.87. The summed E-state index contributed by atoms with van der Waals surface area (Å²) in [6, 6.07) is 7.94. The van der Waals surface area contributed by atoms with Gasteiger partial charge in [-0.2, -0.15) is 0 Å². The van der Waals surface area contributed by atoms with Crippen LogP contribution in [0.1, 0.15) is 37.7 Å². The number of hydrogen-bond acceptors (Lipinski definition) is 2. The maximum Gasteiger partial charge on any atom is 0.0720 e. The second-order valence-electron chi connectivity index (χ2n) is 4.31. The minimum Gasteiger partial charge on any atom is -0.399 e. The highest BCUT2D eigenvalue weighted by atomic mass is 16.5. The summed E-state index contributed by atoms with van der Waals surface area (Å²) in [6.07, 6.45) is 6.97. The Hall–Kier alpha value is -1.02. The molecule has 1 fully saturated rings. The normalized spacial score (nSPS) is 17.9. The Labute approximate surface area is 91.4 Å². The molecule has 0 bridgehead atoms. The fourth-order valence-electron chi connectivity index (χ4n) is 2.06. The molecule has 2 rings (SSSR count). The van der Waals surface area contributed by atoms with Crippen LogP contribution in [-0.4, -0.2) is 6.10 Å². The van der Waals surface area contributed by atoms with Gasteiger partial charge in [-0.1, -0.05) is 31.4 Å². The van der Waals surface area contributed by atoms with Gasteiger partial charge in [0, 0.05) is 5.69 Å². The quantitative estimate of drug-likeness (QED) is 0.769. The molecule has 0 aliphatic heterocycles. The molecule has 0 atom stereocenters. The van der Waals surface area contributed by atoms with Gasteiger partial charge in [0.1, 0.15) is 0 Å². The predicted molar refractivity (Wildman–Crippen MR) is 62.5 cm³/mol. The van der Waals surface area contributed by atoms with Crippen LogP contribution in [0.15, 0.2) is 24.3 Å². The molecule has 2 heteroatoms. The molecule has 2 nitrogen and oxygen atoms in total. The van der Waals surface area contributed by atoms with Crippen LogP contribution in [0.4, 0.5) is 5.69 Å². The Morgan fingerprint density at radius 1 is 1.07 bits per heavy atom. The topological polar surface area (TPSA) is 35.2 Å². The third kappa shape index (κ3) is 3.24. The highest BCUT2D eigenvalue weighted by Crippen LogP contribution is 2.21. The van der Waals surface area contributed by atoms with Gasteiger partial charge in [-0.15, -0.1) is 0 Å². The molecule has 0 spiro atoms. The third-order valence-corrected chi connectivity index (χ3v) is 3.02. The lowest BCUT2D eigenvalue weighted by atomic mass is 9.98. The van der Waals surface area contributed by atoms with Gasteiger partial charge >= 0.3 is 0 Å². The zero-order valence-electron chi connectivity index (χ0n) is 9.11. The molecule has 0 radical (unpaired) electrons. The summed E-state index contributed by atoms with van der Waals surface area (Å²) in [5.41, 5.74) is 7.66. The predicted octanol–water partition coefficient (Wildman–Crippen LogP) is 3.12. The summed E-state index contributed by atoms with van der Waals surface area (Å²) in [4.78, 5) is 0. The molecule has 1 saturated carbocycles. The molecule has 1 aromatic rings. The van der Waals surface area contributed by atoms with Gasteiger partial charge in [0.2, 0.25) is 0 Å². The lowest BCUT2D eigenvalue weighted by molar-refractivity contribution is 0.0169. The average molecular weight is 205 g/mol. The van der Waals surface area contributed by atoms with E-state index in [-0.39, 0.29) is 0 Å². The van der Waals surface area contributed by atoms with Crippen LogP contribution < -0.4 is 5.73 Å². The van der Waals surface area contributed by atoms with E-state index in [0.29, 0.717) is 6.10 Å². The number of nitrogen functional groups attached to an aromatic ring is 1. The number of ether oxygens (including phenoxy) is 1. The number of hydrogen-bond donors (Lipinski definition) is 1. The van der Waals surface area contributed by atoms with Crippen molar-refractivity contribution in [2.45, 2.75) is 44.8 Å². The highest BCUT2D eigenvalue weighted by Gasteiger charge is 2.13. The molecule has 1 aliphatic carbocycles. The summed E-state index contributed by atoms with van der Waals surface area (Å²) in [7, 11) is 0. The van der Waals surface area contributed by atoms with Gasteiger partial charge in [-0.25, -0.2) is 0 Å². The van der Waals surface area contributed by atoms with Crippen molar-refractivity contribution >= 4 is 5.69 Å². The fraction of sp³-hybridized carbons (Fsp3) is 0.538. The van der Waals surface area contributed by atoms with Gasteiger partial charge in [0.25, 0.3) is 0 Å². The van der Waals surface area contributed by atoms with E-state index in [4.69, 9.17) is 10.5 Å². The number of rotatable bonds is 3. The van der Waals surface area contributed by atoms with Gasteiger partial charge in [-0.3, -0.25) is 0 Å². The molecular formula is C13H19NO. The number of benzene rings is 1. The van der Waals surface area contributed by atoms with Crippen molar-refractivity contribution in [1.29, 1.82) is 0 Å². The molecule has 0 aromatic heterocycles. The van der Waals surface area contributed by atoms with Crippen molar-refractivity contribution in [2.24, 2.45) is 0 Å². The van der Waals surface area contributed by atoms with E-state index in [1.54, 1.807) is 0 Å². The Morgan fingerprint density at radius 2 is 1.73 bits per heavy atom. The first kappa shape index (κ1) is 10.5. The minimum atomic E-state index is 0.483. The molecule has 0 saturated heterocycles. The fourth-order valence-corrected chi connectivity index (χ4v) is 2.06. The van der Waals surface area contributed by atoms with Crippen LogP contribution in [0.5, 0.6) is 0 Å². The van der Waals surface area contributed by atoms with E-state index in [9.17, 15) is 0 Å². The van der Waals surface area contributed by atoms with Crippen molar-refractivity contribution in [3.05, 3.63) is 29.8 Å². The van der Waals surface area contributed by atoms with Crippen LogP contribution in [0.2, 0.25) is 0 Å². The van der Waals surface area contributed by atoms with Crippen molar-refractivity contribution in [1.82, 2.24) is 0 Å². The molecule has 0 heterocycles. The molecule has 82 valence electrons. The van der Waals surface area contributed by atoms with Gasteiger partial charge < -0.3 is 10.5 Å². The Morgan fingerprint density at radius 3 is 2.40 bits per heavy atom. The molecular weight excluding hydrogens is 186 g/mol. The largest absolute Gasteiger partial charge is 0.399 e. The van der Waals surface area contributed by atoms with Gasteiger partial charge in [0.15, 0.2) is 0 Å². The van der Waals surface area contributed by atoms with Crippen molar-refractivity contribution in [3.8, 4) is 0 Å². The first-order chi connectivity index (χ1) is 7.34. The molecule has 1 aromatic carbocycles. The number of anilines is 1. The summed E-state index contributed by atoms with van der Waals surface area (Å²) in [5, 5.41) is 0. The SMILES string of the molecule is Nc1ccc(COC2CCCCC2)cc1. The van der Waals surface area contributed by atoms with Crippen molar-refractivity contribution in [3.63, 3.8) is 0 Å². The van der Waals surface area contributed by atoms with Crippen LogP contribution >= 0.6 is 0 Å². The van der Waals surface area contributed by atoms with Crippen LogP contribution in [0, 0.1) is 0 Å². The second kappa shape index (κ2) is 5.17. The van der Waals surface area contributed by atoms with Crippen LogP contribution in [0.3, 0.4) is 0 Å². The molecule has 2 N–H and O–H groups in total. The van der Waals surface area contributed by atoms with E-state index in [1.807, 2.05) is 24.3 Å². The van der Waals surface area contributed by atoms with Crippen molar-refractivity contribution < 1.29 is 4.74 Å². The minimum absolute atomic E-state index is 0.483. The van der Waals surface area contributed by atoms with Crippen LogP contribution in [-0.2, 0) is 11.3 Å². The first-order valence-corrected chi connectivity index (χ1v) is 5.80. The summed E-state index contributed by atoms with van der Waals surface area (Å²) in [5.74, 6) is 0. The maximum atomic E-state index is 5.87. The van der Waals surface area contributed by atoms with E-state index >= 15 is 0 Å². The summed E-state index contributed by atoms with van der Waals surface area (Å²) in [6.45, 7) is 0.727. The first-order valence-electron chi connectivity index (χ1n) is 5.80. The Balaban J connectivity index is 1.79. The maximum absolute atomic E-state index is 5.87. The van der Waals surface area contributed by atoms with Crippen LogP contribution in [0.25, 0.3) is 0 Å². The lowest BCUT2D eigenvalue weighted by Crippen LogP contribution is -2.16. The van der Waals surface area contributed by atoms with E-state index in [2.05, 4.69) is 0 Å². The highest BCUT2D eigenvalue weighted by molar-refractivity contribution is 5.39. The van der Waals surface area contributed by atoms with Gasteiger partial charge in [0.05, 0.1) is 12.7 Å². The zero-order valence-corrected chi connectivity index (χ0v) is 9.11. The van der Waals surface area contributed by atoms with Gasteiger partial charge in [-0.05, 0) is 30.5 Å². The lowest BCUT2D eigenvalue weighted by Gasteiger charge is -2.21.